The number of halogens is 1. The van der Waals surface area contributed by atoms with Gasteiger partial charge in [-0.15, -0.1) is 24.0 Å². The van der Waals surface area contributed by atoms with E-state index in [9.17, 15) is 4.79 Å². The van der Waals surface area contributed by atoms with Gasteiger partial charge in [0.05, 0.1) is 24.8 Å². The quantitative estimate of drug-likeness (QED) is 0.242. The lowest BCUT2D eigenvalue weighted by Gasteiger charge is -2.22. The van der Waals surface area contributed by atoms with E-state index < -0.39 is 0 Å². The van der Waals surface area contributed by atoms with Crippen LogP contribution in [-0.4, -0.2) is 49.8 Å². The number of hydrogen-bond acceptors (Lipinski definition) is 4. The maximum absolute atomic E-state index is 11.4. The third kappa shape index (κ3) is 5.08. The van der Waals surface area contributed by atoms with E-state index in [1.165, 1.54) is 6.42 Å². The molecule has 3 unspecified atom stereocenters. The topological polar surface area (TPSA) is 84.0 Å². The van der Waals surface area contributed by atoms with Gasteiger partial charge in [-0.05, 0) is 56.4 Å². The summed E-state index contributed by atoms with van der Waals surface area (Å²) in [6.45, 7) is 3.97. The summed E-state index contributed by atoms with van der Waals surface area (Å²) < 4.78 is 11.8. The average molecular weight is 500 g/mol. The van der Waals surface area contributed by atoms with Gasteiger partial charge in [0.15, 0.2) is 5.96 Å². The van der Waals surface area contributed by atoms with Gasteiger partial charge in [0.2, 0.25) is 5.91 Å². The Labute approximate surface area is 183 Å². The van der Waals surface area contributed by atoms with E-state index in [1.807, 2.05) is 18.2 Å². The van der Waals surface area contributed by atoms with Gasteiger partial charge in [-0.3, -0.25) is 4.79 Å². The Balaban J connectivity index is 0.00000225. The van der Waals surface area contributed by atoms with E-state index in [1.54, 1.807) is 0 Å². The van der Waals surface area contributed by atoms with Gasteiger partial charge in [0.1, 0.15) is 12.4 Å². The lowest BCUT2D eigenvalue weighted by molar-refractivity contribution is -0.116. The van der Waals surface area contributed by atoms with E-state index in [-0.39, 0.29) is 29.9 Å². The number of aryl methyl sites for hydroxylation is 1. The molecule has 0 radical (unpaired) electrons. The number of amides is 1. The first-order valence-corrected chi connectivity index (χ1v) is 9.97. The van der Waals surface area contributed by atoms with E-state index in [2.05, 4.69) is 27.9 Å². The predicted molar refractivity (Wildman–Crippen MR) is 120 cm³/mol. The van der Waals surface area contributed by atoms with E-state index in [0.717, 1.165) is 48.8 Å². The van der Waals surface area contributed by atoms with Gasteiger partial charge >= 0.3 is 0 Å². The fraction of sp³-hybridized carbons (Fsp3) is 0.600. The van der Waals surface area contributed by atoms with Crippen LogP contribution in [0.1, 0.15) is 38.2 Å². The number of benzene rings is 1. The molecule has 1 amide bonds. The zero-order chi connectivity index (χ0) is 18.6. The smallest absolute Gasteiger partial charge is 0.224 e. The number of anilines is 1. The summed E-state index contributed by atoms with van der Waals surface area (Å²) in [7, 11) is 0. The second-order valence-electron chi connectivity index (χ2n) is 7.34. The molecule has 0 spiro atoms. The highest BCUT2D eigenvalue weighted by Crippen LogP contribution is 2.34. The van der Waals surface area contributed by atoms with Crippen molar-refractivity contribution in [2.45, 2.75) is 57.3 Å². The zero-order valence-corrected chi connectivity index (χ0v) is 18.5. The summed E-state index contributed by atoms with van der Waals surface area (Å²) in [4.78, 5) is 16.1. The van der Waals surface area contributed by atoms with Crippen LogP contribution in [0.15, 0.2) is 23.2 Å². The normalized spacial score (nSPS) is 25.5. The summed E-state index contributed by atoms with van der Waals surface area (Å²) in [5.74, 6) is 1.73. The molecule has 154 valence electrons. The second kappa shape index (κ2) is 9.78. The van der Waals surface area contributed by atoms with Crippen molar-refractivity contribution in [2.75, 3.05) is 25.0 Å². The molecule has 2 bridgehead atoms. The van der Waals surface area contributed by atoms with Crippen molar-refractivity contribution in [2.24, 2.45) is 4.99 Å². The largest absolute Gasteiger partial charge is 0.492 e. The van der Waals surface area contributed by atoms with Gasteiger partial charge in [-0.2, -0.15) is 0 Å². The number of nitrogens with zero attached hydrogens (tertiary/aromatic N) is 1. The van der Waals surface area contributed by atoms with Crippen LogP contribution >= 0.6 is 24.0 Å². The van der Waals surface area contributed by atoms with Crippen LogP contribution in [0.4, 0.5) is 5.69 Å². The predicted octanol–water partition coefficient (Wildman–Crippen LogP) is 2.44. The minimum Gasteiger partial charge on any atom is -0.492 e. The highest BCUT2D eigenvalue weighted by atomic mass is 127. The molecule has 1 aromatic carbocycles. The summed E-state index contributed by atoms with van der Waals surface area (Å²) in [5, 5.41) is 9.70. The SMILES string of the molecule is CCNC(=NCCOc1ccc2c(c1)CCC(=O)N2)NC1CC2CCC1O2.I. The Morgan fingerprint density at radius 2 is 2.25 bits per heavy atom. The molecule has 0 aliphatic carbocycles. The van der Waals surface area contributed by atoms with Gasteiger partial charge in [-0.25, -0.2) is 4.99 Å². The molecule has 0 saturated carbocycles. The first-order valence-electron chi connectivity index (χ1n) is 9.97. The number of hydrogen-bond donors (Lipinski definition) is 3. The monoisotopic (exact) mass is 500 g/mol. The Bertz CT molecular complexity index is 727. The molecule has 4 rings (SSSR count). The first-order chi connectivity index (χ1) is 13.2. The Kier molecular flexibility index (Phi) is 7.39. The molecule has 2 fully saturated rings. The third-order valence-electron chi connectivity index (χ3n) is 5.37. The molecule has 2 saturated heterocycles. The lowest BCUT2D eigenvalue weighted by atomic mass is 9.96. The molecule has 1 aromatic rings. The molecule has 7 nitrogen and oxygen atoms in total. The molecule has 3 N–H and O–H groups in total. The Morgan fingerprint density at radius 3 is 3.00 bits per heavy atom. The minimum atomic E-state index is 0. The number of carbonyl (C=O) groups is 1. The Morgan fingerprint density at radius 1 is 1.36 bits per heavy atom. The zero-order valence-electron chi connectivity index (χ0n) is 16.2. The maximum Gasteiger partial charge on any atom is 0.224 e. The third-order valence-corrected chi connectivity index (χ3v) is 5.37. The van der Waals surface area contributed by atoms with Gasteiger partial charge < -0.3 is 25.4 Å². The van der Waals surface area contributed by atoms with Crippen molar-refractivity contribution >= 4 is 41.5 Å². The van der Waals surface area contributed by atoms with Crippen molar-refractivity contribution in [3.05, 3.63) is 23.8 Å². The number of fused-ring (bicyclic) bond motifs is 3. The summed E-state index contributed by atoms with van der Waals surface area (Å²) in [6.07, 6.45) is 5.44. The molecule has 0 aromatic heterocycles. The molecule has 3 aliphatic rings. The van der Waals surface area contributed by atoms with Crippen molar-refractivity contribution in [3.63, 3.8) is 0 Å². The standard InChI is InChI=1S/C20H28N4O3.HI/c1-2-21-20(24-17-12-15-5-7-18(17)27-15)22-9-10-26-14-4-6-16-13(11-14)3-8-19(25)23-16;/h4,6,11,15,17-18H,2-3,5,7-10,12H2,1H3,(H,23,25)(H2,21,22,24);1H. The lowest BCUT2D eigenvalue weighted by Crippen LogP contribution is -2.47. The van der Waals surface area contributed by atoms with Crippen LogP contribution in [0, 0.1) is 0 Å². The first kappa shape index (κ1) is 21.2. The molecule has 3 atom stereocenters. The molecule has 3 aliphatic heterocycles. The van der Waals surface area contributed by atoms with Crippen LogP contribution in [0.5, 0.6) is 5.75 Å². The fourth-order valence-electron chi connectivity index (χ4n) is 4.06. The van der Waals surface area contributed by atoms with Gasteiger partial charge in [0.25, 0.3) is 0 Å². The fourth-order valence-corrected chi connectivity index (χ4v) is 4.06. The van der Waals surface area contributed by atoms with Crippen molar-refractivity contribution in [1.82, 2.24) is 10.6 Å². The Hall–Kier alpha value is -1.55. The molecule has 3 heterocycles. The number of ether oxygens (including phenoxy) is 2. The van der Waals surface area contributed by atoms with E-state index >= 15 is 0 Å². The van der Waals surface area contributed by atoms with Crippen molar-refractivity contribution in [3.8, 4) is 5.75 Å². The molecule has 8 heteroatoms. The van der Waals surface area contributed by atoms with Crippen LogP contribution in [0.2, 0.25) is 0 Å². The van der Waals surface area contributed by atoms with Crippen LogP contribution in [0.3, 0.4) is 0 Å². The number of rotatable bonds is 6. The van der Waals surface area contributed by atoms with Crippen molar-refractivity contribution in [1.29, 1.82) is 0 Å². The number of carbonyl (C=O) groups excluding carboxylic acids is 1. The minimum absolute atomic E-state index is 0. The number of guanidine groups is 1. The van der Waals surface area contributed by atoms with E-state index in [0.29, 0.717) is 37.8 Å². The molecular weight excluding hydrogens is 471 g/mol. The second-order valence-corrected chi connectivity index (χ2v) is 7.34. The number of nitrogens with one attached hydrogen (secondary N) is 3. The highest BCUT2D eigenvalue weighted by Gasteiger charge is 2.41. The number of aliphatic imine (C=N–C) groups is 1. The maximum atomic E-state index is 11.4. The van der Waals surface area contributed by atoms with Crippen LogP contribution in [-0.2, 0) is 16.0 Å². The van der Waals surface area contributed by atoms with Gasteiger partial charge in [-0.1, -0.05) is 0 Å². The summed E-state index contributed by atoms with van der Waals surface area (Å²) >= 11 is 0. The summed E-state index contributed by atoms with van der Waals surface area (Å²) in [6, 6.07) is 6.17. The average Bonchev–Trinajstić information content (AvgIpc) is 3.28. The molecule has 28 heavy (non-hydrogen) atoms. The van der Waals surface area contributed by atoms with Crippen LogP contribution in [0.25, 0.3) is 0 Å². The van der Waals surface area contributed by atoms with Crippen molar-refractivity contribution < 1.29 is 14.3 Å². The highest BCUT2D eigenvalue weighted by molar-refractivity contribution is 14.0. The van der Waals surface area contributed by atoms with E-state index in [4.69, 9.17) is 9.47 Å². The summed E-state index contributed by atoms with van der Waals surface area (Å²) in [5.41, 5.74) is 2.02. The van der Waals surface area contributed by atoms with Gasteiger partial charge in [0, 0.05) is 18.7 Å². The molecular formula is C20H29IN4O3. The van der Waals surface area contributed by atoms with Crippen LogP contribution < -0.4 is 20.7 Å².